The van der Waals surface area contributed by atoms with E-state index in [0.717, 1.165) is 27.7 Å². The Bertz CT molecular complexity index is 1400. The van der Waals surface area contributed by atoms with Gasteiger partial charge in [0.25, 0.3) is 0 Å². The molecule has 2 heterocycles. The number of nitrogens with one attached hydrogen (secondary N) is 1. The van der Waals surface area contributed by atoms with Crippen LogP contribution in [0.3, 0.4) is 0 Å². The highest BCUT2D eigenvalue weighted by Crippen LogP contribution is 2.28. The standard InChI is InChI=1S/C27H21N3OS/c31-25-17-26(29-21-12-6-2-7-13-21)30(22-14-8-3-9-15-22)24-16-27(28-18-23(24)25)32-19-20-10-4-1-5-11-20/h1-18,29H,19H2. The molecule has 4 nitrogen and oxygen atoms in total. The number of nitrogens with zero attached hydrogens (tertiary/aromatic N) is 2. The fourth-order valence-electron chi connectivity index (χ4n) is 3.62. The van der Waals surface area contributed by atoms with E-state index in [1.165, 1.54) is 5.56 Å². The van der Waals surface area contributed by atoms with E-state index in [0.29, 0.717) is 11.2 Å². The molecule has 0 saturated heterocycles. The van der Waals surface area contributed by atoms with Crippen LogP contribution in [0.5, 0.6) is 0 Å². The molecule has 5 aromatic rings. The molecule has 156 valence electrons. The molecule has 3 aromatic carbocycles. The van der Waals surface area contributed by atoms with Crippen LogP contribution < -0.4 is 10.7 Å². The molecule has 5 heteroatoms. The first kappa shape index (κ1) is 20.1. The van der Waals surface area contributed by atoms with Gasteiger partial charge >= 0.3 is 0 Å². The number of hydrogen-bond acceptors (Lipinski definition) is 4. The van der Waals surface area contributed by atoms with Crippen molar-refractivity contribution in [2.75, 3.05) is 5.32 Å². The van der Waals surface area contributed by atoms with Crippen molar-refractivity contribution in [3.05, 3.63) is 125 Å². The molecule has 0 spiro atoms. The summed E-state index contributed by atoms with van der Waals surface area (Å²) in [6.45, 7) is 0. The van der Waals surface area contributed by atoms with E-state index in [1.54, 1.807) is 24.0 Å². The predicted octanol–water partition coefficient (Wildman–Crippen LogP) is 6.42. The van der Waals surface area contributed by atoms with E-state index in [9.17, 15) is 4.79 Å². The van der Waals surface area contributed by atoms with Crippen LogP contribution in [0.25, 0.3) is 16.6 Å². The van der Waals surface area contributed by atoms with Crippen LogP contribution in [0.4, 0.5) is 11.5 Å². The molecule has 0 aliphatic rings. The van der Waals surface area contributed by atoms with Gasteiger partial charge in [-0.25, -0.2) is 4.98 Å². The highest BCUT2D eigenvalue weighted by atomic mass is 32.2. The quantitative estimate of drug-likeness (QED) is 0.313. The minimum absolute atomic E-state index is 0.0577. The van der Waals surface area contributed by atoms with Gasteiger partial charge in [0.2, 0.25) is 0 Å². The maximum Gasteiger partial charge on any atom is 0.193 e. The fourth-order valence-corrected chi connectivity index (χ4v) is 4.45. The van der Waals surface area contributed by atoms with Gasteiger partial charge in [0.15, 0.2) is 5.43 Å². The van der Waals surface area contributed by atoms with E-state index in [1.807, 2.05) is 84.9 Å². The number of para-hydroxylation sites is 2. The van der Waals surface area contributed by atoms with Crippen LogP contribution in [-0.2, 0) is 5.75 Å². The summed E-state index contributed by atoms with van der Waals surface area (Å²) < 4.78 is 2.08. The number of benzene rings is 3. The maximum absolute atomic E-state index is 13.0. The van der Waals surface area contributed by atoms with Gasteiger partial charge in [-0.1, -0.05) is 66.7 Å². The van der Waals surface area contributed by atoms with Gasteiger partial charge in [-0.05, 0) is 35.9 Å². The summed E-state index contributed by atoms with van der Waals surface area (Å²) in [6.07, 6.45) is 1.69. The van der Waals surface area contributed by atoms with E-state index >= 15 is 0 Å². The van der Waals surface area contributed by atoms with Crippen molar-refractivity contribution >= 4 is 34.2 Å². The van der Waals surface area contributed by atoms with Gasteiger partial charge < -0.3 is 5.32 Å². The predicted molar refractivity (Wildman–Crippen MR) is 133 cm³/mol. The fraction of sp³-hybridized carbons (Fsp3) is 0.0370. The lowest BCUT2D eigenvalue weighted by Crippen LogP contribution is -2.13. The maximum atomic E-state index is 13.0. The second-order valence-electron chi connectivity index (χ2n) is 7.37. The number of rotatable bonds is 6. The van der Waals surface area contributed by atoms with Crippen molar-refractivity contribution in [3.8, 4) is 5.69 Å². The van der Waals surface area contributed by atoms with E-state index in [-0.39, 0.29) is 5.43 Å². The van der Waals surface area contributed by atoms with Crippen molar-refractivity contribution in [2.45, 2.75) is 10.8 Å². The lowest BCUT2D eigenvalue weighted by Gasteiger charge is -2.18. The first-order valence-electron chi connectivity index (χ1n) is 10.4. The van der Waals surface area contributed by atoms with Gasteiger partial charge in [-0.15, -0.1) is 11.8 Å². The Kier molecular flexibility index (Phi) is 5.73. The van der Waals surface area contributed by atoms with E-state index < -0.39 is 0 Å². The third-order valence-corrected chi connectivity index (χ3v) is 6.16. The first-order chi connectivity index (χ1) is 15.8. The monoisotopic (exact) mass is 435 g/mol. The molecular formula is C27H21N3OS. The number of fused-ring (bicyclic) bond motifs is 1. The number of thioether (sulfide) groups is 1. The zero-order chi connectivity index (χ0) is 21.8. The van der Waals surface area contributed by atoms with Crippen molar-refractivity contribution in [3.63, 3.8) is 0 Å². The summed E-state index contributed by atoms with van der Waals surface area (Å²) in [6, 6.07) is 33.9. The highest BCUT2D eigenvalue weighted by Gasteiger charge is 2.13. The molecule has 5 rings (SSSR count). The molecule has 0 amide bonds. The molecule has 0 radical (unpaired) electrons. The third-order valence-electron chi connectivity index (χ3n) is 5.16. The van der Waals surface area contributed by atoms with E-state index in [4.69, 9.17) is 0 Å². The van der Waals surface area contributed by atoms with Crippen LogP contribution in [-0.4, -0.2) is 9.55 Å². The number of hydrogen-bond donors (Lipinski definition) is 1. The Hall–Kier alpha value is -3.83. The van der Waals surface area contributed by atoms with Crippen LogP contribution >= 0.6 is 11.8 Å². The first-order valence-corrected chi connectivity index (χ1v) is 11.4. The van der Waals surface area contributed by atoms with Crippen molar-refractivity contribution in [2.24, 2.45) is 0 Å². The largest absolute Gasteiger partial charge is 0.341 e. The average Bonchev–Trinajstić information content (AvgIpc) is 2.85. The normalized spacial score (nSPS) is 10.9. The van der Waals surface area contributed by atoms with Crippen molar-refractivity contribution in [1.29, 1.82) is 0 Å². The number of aromatic nitrogens is 2. The van der Waals surface area contributed by atoms with Crippen molar-refractivity contribution < 1.29 is 0 Å². The second-order valence-corrected chi connectivity index (χ2v) is 8.37. The molecule has 1 N–H and O–H groups in total. The number of anilines is 2. The minimum Gasteiger partial charge on any atom is -0.341 e. The Labute approximate surface area is 190 Å². The number of pyridine rings is 2. The van der Waals surface area contributed by atoms with Gasteiger partial charge in [-0.2, -0.15) is 0 Å². The summed E-state index contributed by atoms with van der Waals surface area (Å²) in [5, 5.41) is 4.89. The summed E-state index contributed by atoms with van der Waals surface area (Å²) in [5.41, 5.74) is 3.90. The smallest absolute Gasteiger partial charge is 0.193 e. The molecule has 0 atom stereocenters. The van der Waals surface area contributed by atoms with Crippen molar-refractivity contribution in [1.82, 2.24) is 9.55 Å². The lowest BCUT2D eigenvalue weighted by atomic mass is 10.2. The lowest BCUT2D eigenvalue weighted by molar-refractivity contribution is 1.07. The molecule has 0 saturated carbocycles. The van der Waals surface area contributed by atoms with Crippen LogP contribution in [0.1, 0.15) is 5.56 Å². The topological polar surface area (TPSA) is 46.9 Å². The molecule has 0 fully saturated rings. The van der Waals surface area contributed by atoms with Crippen LogP contribution in [0.2, 0.25) is 0 Å². The van der Waals surface area contributed by atoms with Gasteiger partial charge in [0.05, 0.1) is 15.9 Å². The molecule has 0 aliphatic carbocycles. The van der Waals surface area contributed by atoms with Gasteiger partial charge in [0.1, 0.15) is 5.82 Å². The van der Waals surface area contributed by atoms with E-state index in [2.05, 4.69) is 27.0 Å². The minimum atomic E-state index is -0.0577. The van der Waals surface area contributed by atoms with Crippen LogP contribution in [0, 0.1) is 0 Å². The third kappa shape index (κ3) is 4.29. The molecule has 0 unspecified atom stereocenters. The summed E-state index contributed by atoms with van der Waals surface area (Å²) >= 11 is 1.66. The SMILES string of the molecule is O=c1cc(Nc2ccccc2)n(-c2ccccc2)c2cc(SCc3ccccc3)ncc12. The molecular weight excluding hydrogens is 414 g/mol. The molecule has 32 heavy (non-hydrogen) atoms. The Morgan fingerprint density at radius 1 is 0.812 bits per heavy atom. The Morgan fingerprint density at radius 2 is 1.47 bits per heavy atom. The average molecular weight is 436 g/mol. The van der Waals surface area contributed by atoms with Gasteiger partial charge in [-0.3, -0.25) is 9.36 Å². The zero-order valence-corrected chi connectivity index (χ0v) is 18.1. The Morgan fingerprint density at radius 3 is 2.19 bits per heavy atom. The zero-order valence-electron chi connectivity index (χ0n) is 17.3. The summed E-state index contributed by atoms with van der Waals surface area (Å²) in [4.78, 5) is 17.5. The van der Waals surface area contributed by atoms with Gasteiger partial charge in [0, 0.05) is 29.4 Å². The summed E-state index contributed by atoms with van der Waals surface area (Å²) in [7, 11) is 0. The second kappa shape index (κ2) is 9.12. The molecule has 2 aromatic heterocycles. The molecule has 0 bridgehead atoms. The highest BCUT2D eigenvalue weighted by molar-refractivity contribution is 7.98. The Balaban J connectivity index is 1.63. The molecule has 0 aliphatic heterocycles. The van der Waals surface area contributed by atoms with Crippen LogP contribution in [0.15, 0.2) is 119 Å². The summed E-state index contributed by atoms with van der Waals surface area (Å²) in [5.74, 6) is 1.53.